The van der Waals surface area contributed by atoms with Crippen molar-refractivity contribution in [2.24, 2.45) is 5.92 Å². The van der Waals surface area contributed by atoms with Gasteiger partial charge in [-0.05, 0) is 42.9 Å². The fraction of sp³-hybridized carbons (Fsp3) is 0.450. The Morgan fingerprint density at radius 2 is 1.93 bits per heavy atom. The van der Waals surface area contributed by atoms with Crippen molar-refractivity contribution in [1.29, 1.82) is 0 Å². The molecule has 7 heteroatoms. The predicted molar refractivity (Wildman–Crippen MR) is 101 cm³/mol. The van der Waals surface area contributed by atoms with Gasteiger partial charge in [0.2, 0.25) is 5.95 Å². The standard InChI is InChI=1S/C20H24FN5O/c21-18-5-2-1-4-16(18)8-11-24-20(27)26-13-15-6-7-17(26)14-25(12-15)19-22-9-3-10-23-19/h1-5,9-10,15,17H,6-8,11-14H2,(H,24,27)/t15-,17+/m0/s1. The minimum atomic E-state index is -0.223. The molecule has 2 aromatic rings. The number of halogens is 1. The van der Waals surface area contributed by atoms with Crippen LogP contribution in [0.25, 0.3) is 0 Å². The van der Waals surface area contributed by atoms with Gasteiger partial charge in [0.25, 0.3) is 0 Å². The fourth-order valence-electron chi connectivity index (χ4n) is 4.06. The Balaban J connectivity index is 1.36. The van der Waals surface area contributed by atoms with Crippen molar-refractivity contribution in [3.05, 3.63) is 54.1 Å². The minimum Gasteiger partial charge on any atom is -0.338 e. The first-order valence-electron chi connectivity index (χ1n) is 9.50. The quantitative estimate of drug-likeness (QED) is 0.899. The Bertz CT molecular complexity index is 787. The molecule has 0 saturated carbocycles. The highest BCUT2D eigenvalue weighted by Crippen LogP contribution is 2.29. The molecule has 6 nitrogen and oxygen atoms in total. The number of hydrogen-bond donors (Lipinski definition) is 1. The molecule has 3 aliphatic rings. The van der Waals surface area contributed by atoms with Crippen LogP contribution in [-0.4, -0.2) is 53.1 Å². The average molecular weight is 369 g/mol. The molecule has 5 rings (SSSR count). The molecule has 3 fully saturated rings. The van der Waals surface area contributed by atoms with E-state index in [-0.39, 0.29) is 17.9 Å². The average Bonchev–Trinajstić information content (AvgIpc) is 3.02. The Hall–Kier alpha value is -2.70. The summed E-state index contributed by atoms with van der Waals surface area (Å²) >= 11 is 0. The number of amides is 2. The number of benzene rings is 1. The van der Waals surface area contributed by atoms with Crippen molar-refractivity contribution >= 4 is 12.0 Å². The second-order valence-corrected chi connectivity index (χ2v) is 7.28. The van der Waals surface area contributed by atoms with E-state index in [0.717, 1.165) is 38.4 Å². The monoisotopic (exact) mass is 369 g/mol. The molecule has 2 atom stereocenters. The molecule has 0 unspecified atom stereocenters. The molecular formula is C20H24FN5O. The van der Waals surface area contributed by atoms with Gasteiger partial charge in [-0.25, -0.2) is 19.2 Å². The highest BCUT2D eigenvalue weighted by Gasteiger charge is 2.37. The maximum Gasteiger partial charge on any atom is 0.317 e. The van der Waals surface area contributed by atoms with Crippen LogP contribution in [0.2, 0.25) is 0 Å². The summed E-state index contributed by atoms with van der Waals surface area (Å²) in [5, 5.41) is 2.97. The van der Waals surface area contributed by atoms with Crippen LogP contribution in [0.5, 0.6) is 0 Å². The number of carbonyl (C=O) groups is 1. The molecule has 4 heterocycles. The molecule has 0 spiro atoms. The van der Waals surface area contributed by atoms with E-state index in [2.05, 4.69) is 20.2 Å². The number of rotatable bonds is 4. The summed E-state index contributed by atoms with van der Waals surface area (Å²) in [5.74, 6) is 0.931. The molecule has 0 radical (unpaired) electrons. The number of carbonyl (C=O) groups excluding carboxylic acids is 1. The Morgan fingerprint density at radius 1 is 1.11 bits per heavy atom. The van der Waals surface area contributed by atoms with Gasteiger partial charge in [-0.2, -0.15) is 0 Å². The number of nitrogens with one attached hydrogen (secondary N) is 1. The topological polar surface area (TPSA) is 61.4 Å². The lowest BCUT2D eigenvalue weighted by atomic mass is 9.95. The first-order chi connectivity index (χ1) is 13.2. The minimum absolute atomic E-state index is 0.0585. The largest absolute Gasteiger partial charge is 0.338 e. The van der Waals surface area contributed by atoms with E-state index in [4.69, 9.17) is 0 Å². The van der Waals surface area contributed by atoms with E-state index < -0.39 is 0 Å². The number of hydrogen-bond acceptors (Lipinski definition) is 4. The van der Waals surface area contributed by atoms with Crippen molar-refractivity contribution in [3.8, 4) is 0 Å². The van der Waals surface area contributed by atoms with Crippen molar-refractivity contribution < 1.29 is 9.18 Å². The van der Waals surface area contributed by atoms with Gasteiger partial charge in [0, 0.05) is 38.6 Å². The highest BCUT2D eigenvalue weighted by molar-refractivity contribution is 5.75. The zero-order valence-electron chi connectivity index (χ0n) is 15.2. The number of nitrogens with zero attached hydrogens (tertiary/aromatic N) is 4. The summed E-state index contributed by atoms with van der Waals surface area (Å²) in [6.07, 6.45) is 6.11. The zero-order valence-corrected chi connectivity index (χ0v) is 15.2. The van der Waals surface area contributed by atoms with Gasteiger partial charge in [0.05, 0.1) is 6.04 Å². The Kier molecular flexibility index (Phi) is 5.18. The molecule has 2 bridgehead atoms. The third-order valence-corrected chi connectivity index (χ3v) is 5.44. The molecular weight excluding hydrogens is 345 g/mol. The Labute approximate surface area is 158 Å². The van der Waals surface area contributed by atoms with E-state index in [1.807, 2.05) is 17.0 Å². The van der Waals surface area contributed by atoms with Gasteiger partial charge in [-0.15, -0.1) is 0 Å². The molecule has 0 aliphatic carbocycles. The van der Waals surface area contributed by atoms with Gasteiger partial charge in [0.15, 0.2) is 0 Å². The van der Waals surface area contributed by atoms with E-state index in [1.165, 1.54) is 6.07 Å². The van der Waals surface area contributed by atoms with E-state index in [9.17, 15) is 9.18 Å². The van der Waals surface area contributed by atoms with Crippen LogP contribution in [0.4, 0.5) is 15.1 Å². The molecule has 3 saturated heterocycles. The van der Waals surface area contributed by atoms with Crippen LogP contribution in [0.3, 0.4) is 0 Å². The van der Waals surface area contributed by atoms with Crippen LogP contribution in [0.15, 0.2) is 42.7 Å². The summed E-state index contributed by atoms with van der Waals surface area (Å²) < 4.78 is 13.7. The lowest BCUT2D eigenvalue weighted by Gasteiger charge is -2.36. The van der Waals surface area contributed by atoms with E-state index in [1.54, 1.807) is 24.5 Å². The molecule has 1 aromatic carbocycles. The normalized spacial score (nSPS) is 21.8. The zero-order chi connectivity index (χ0) is 18.6. The maximum absolute atomic E-state index is 13.7. The van der Waals surface area contributed by atoms with Gasteiger partial charge in [0.1, 0.15) is 5.82 Å². The van der Waals surface area contributed by atoms with E-state index in [0.29, 0.717) is 24.4 Å². The second-order valence-electron chi connectivity index (χ2n) is 7.28. The first kappa shape index (κ1) is 17.7. The second kappa shape index (κ2) is 7.90. The summed E-state index contributed by atoms with van der Waals surface area (Å²) in [7, 11) is 0. The van der Waals surface area contributed by atoms with Crippen LogP contribution in [0.1, 0.15) is 18.4 Å². The molecule has 27 heavy (non-hydrogen) atoms. The highest BCUT2D eigenvalue weighted by atomic mass is 19.1. The molecule has 1 aromatic heterocycles. The molecule has 1 N–H and O–H groups in total. The smallest absolute Gasteiger partial charge is 0.317 e. The summed E-state index contributed by atoms with van der Waals surface area (Å²) in [6.45, 7) is 2.81. The fourth-order valence-corrected chi connectivity index (χ4v) is 4.06. The van der Waals surface area contributed by atoms with Gasteiger partial charge >= 0.3 is 6.03 Å². The van der Waals surface area contributed by atoms with Gasteiger partial charge < -0.3 is 15.1 Å². The summed E-state index contributed by atoms with van der Waals surface area (Å²) in [5.41, 5.74) is 0.627. The lowest BCUT2D eigenvalue weighted by Crippen LogP contribution is -2.51. The van der Waals surface area contributed by atoms with Gasteiger partial charge in [-0.1, -0.05) is 18.2 Å². The van der Waals surface area contributed by atoms with Gasteiger partial charge in [-0.3, -0.25) is 0 Å². The summed E-state index contributed by atoms with van der Waals surface area (Å²) in [4.78, 5) is 25.6. The molecule has 142 valence electrons. The first-order valence-corrected chi connectivity index (χ1v) is 9.50. The number of piperidine rings is 1. The van der Waals surface area contributed by atoms with Crippen molar-refractivity contribution in [2.45, 2.75) is 25.3 Å². The summed E-state index contributed by atoms with van der Waals surface area (Å²) in [6, 6.07) is 8.60. The van der Waals surface area contributed by atoms with Crippen LogP contribution >= 0.6 is 0 Å². The van der Waals surface area contributed by atoms with Crippen molar-refractivity contribution in [3.63, 3.8) is 0 Å². The molecule has 3 aliphatic heterocycles. The number of anilines is 1. The number of fused-ring (bicyclic) bond motifs is 4. The third kappa shape index (κ3) is 4.02. The number of urea groups is 1. The maximum atomic E-state index is 13.7. The van der Waals surface area contributed by atoms with E-state index >= 15 is 0 Å². The van der Waals surface area contributed by atoms with Crippen molar-refractivity contribution in [1.82, 2.24) is 20.2 Å². The van der Waals surface area contributed by atoms with Crippen LogP contribution in [0, 0.1) is 11.7 Å². The Morgan fingerprint density at radius 3 is 2.74 bits per heavy atom. The molecule has 2 amide bonds. The lowest BCUT2D eigenvalue weighted by molar-refractivity contribution is 0.143. The van der Waals surface area contributed by atoms with Crippen LogP contribution in [-0.2, 0) is 6.42 Å². The van der Waals surface area contributed by atoms with Crippen molar-refractivity contribution in [2.75, 3.05) is 31.1 Å². The number of aromatic nitrogens is 2. The predicted octanol–water partition coefficient (Wildman–Crippen LogP) is 2.47. The SMILES string of the molecule is O=C(NCCc1ccccc1F)N1C[C@H]2CC[C@@H]1CN(c1ncccn1)C2. The third-order valence-electron chi connectivity index (χ3n) is 5.44. The van der Waals surface area contributed by atoms with Crippen LogP contribution < -0.4 is 10.2 Å².